The van der Waals surface area contributed by atoms with Crippen LogP contribution in [0.15, 0.2) is 49.0 Å². The minimum Gasteiger partial charge on any atom is -0.362 e. The monoisotopic (exact) mass is 271 g/mol. The van der Waals surface area contributed by atoms with Gasteiger partial charge in [0, 0.05) is 6.54 Å². The maximum atomic E-state index is 5.07. The Balaban J connectivity index is 2.07. The summed E-state index contributed by atoms with van der Waals surface area (Å²) >= 11 is 5.07. The molecular formula is C15H17N3S. The van der Waals surface area contributed by atoms with E-state index in [1.54, 1.807) is 0 Å². The molecule has 3 N–H and O–H groups in total. The van der Waals surface area contributed by atoms with E-state index in [0.29, 0.717) is 5.11 Å². The van der Waals surface area contributed by atoms with Crippen molar-refractivity contribution in [1.82, 2.24) is 16.2 Å². The van der Waals surface area contributed by atoms with Gasteiger partial charge >= 0.3 is 0 Å². The van der Waals surface area contributed by atoms with Crippen LogP contribution >= 0.6 is 12.2 Å². The van der Waals surface area contributed by atoms with E-state index in [1.165, 1.54) is 10.8 Å². The predicted octanol–water partition coefficient (Wildman–Crippen LogP) is 2.80. The third-order valence-corrected chi connectivity index (χ3v) is 3.01. The molecule has 2 aromatic rings. The minimum atomic E-state index is 0.560. The molecule has 0 atom stereocenters. The largest absolute Gasteiger partial charge is 0.362 e. The lowest BCUT2D eigenvalue weighted by atomic mass is 10.1. The Morgan fingerprint density at radius 3 is 2.58 bits per heavy atom. The number of hydrogen-bond donors (Lipinski definition) is 3. The summed E-state index contributed by atoms with van der Waals surface area (Å²) in [6.45, 7) is 6.78. The molecular weight excluding hydrogens is 254 g/mol. The molecule has 0 aliphatic rings. The fourth-order valence-corrected chi connectivity index (χ4v) is 1.98. The van der Waals surface area contributed by atoms with Crippen LogP contribution in [0, 0.1) is 0 Å². The molecule has 98 valence electrons. The summed E-state index contributed by atoms with van der Waals surface area (Å²) in [6, 6.07) is 14.5. The second-order valence-electron chi connectivity index (χ2n) is 4.15. The predicted molar refractivity (Wildman–Crippen MR) is 85.5 cm³/mol. The SMILES string of the molecule is C=C(NNC(=S)NCC)c1ccc2ccccc2c1. The molecule has 0 spiro atoms. The van der Waals surface area contributed by atoms with Crippen LogP contribution in [0.1, 0.15) is 12.5 Å². The summed E-state index contributed by atoms with van der Waals surface area (Å²) in [6.07, 6.45) is 0. The van der Waals surface area contributed by atoms with E-state index in [9.17, 15) is 0 Å². The first kappa shape index (κ1) is 13.4. The lowest BCUT2D eigenvalue weighted by molar-refractivity contribution is 0.803. The van der Waals surface area contributed by atoms with Gasteiger partial charge in [-0.2, -0.15) is 0 Å². The van der Waals surface area contributed by atoms with E-state index in [0.717, 1.165) is 17.8 Å². The van der Waals surface area contributed by atoms with Gasteiger partial charge in [-0.25, -0.2) is 0 Å². The highest BCUT2D eigenvalue weighted by Crippen LogP contribution is 2.18. The third-order valence-electron chi connectivity index (χ3n) is 2.76. The Kier molecular flexibility index (Phi) is 4.36. The summed E-state index contributed by atoms with van der Waals surface area (Å²) in [4.78, 5) is 0. The number of benzene rings is 2. The zero-order valence-corrected chi connectivity index (χ0v) is 11.7. The minimum absolute atomic E-state index is 0.560. The molecule has 0 aliphatic heterocycles. The van der Waals surface area contributed by atoms with Crippen molar-refractivity contribution < 1.29 is 0 Å². The molecule has 19 heavy (non-hydrogen) atoms. The lowest BCUT2D eigenvalue weighted by Gasteiger charge is -2.14. The van der Waals surface area contributed by atoms with Crippen LogP contribution in [-0.2, 0) is 0 Å². The van der Waals surface area contributed by atoms with Gasteiger partial charge in [0.25, 0.3) is 0 Å². The van der Waals surface area contributed by atoms with Gasteiger partial charge in [-0.3, -0.25) is 10.9 Å². The molecule has 0 saturated carbocycles. The number of rotatable bonds is 4. The van der Waals surface area contributed by atoms with Gasteiger partial charge in [0.05, 0.1) is 5.70 Å². The number of hydrogen-bond acceptors (Lipinski definition) is 2. The van der Waals surface area contributed by atoms with E-state index in [4.69, 9.17) is 12.2 Å². The molecule has 0 heterocycles. The quantitative estimate of drug-likeness (QED) is 0.590. The second kappa shape index (κ2) is 6.20. The van der Waals surface area contributed by atoms with Crippen LogP contribution in [-0.4, -0.2) is 11.7 Å². The van der Waals surface area contributed by atoms with Gasteiger partial charge < -0.3 is 5.32 Å². The molecule has 0 unspecified atom stereocenters. The highest BCUT2D eigenvalue weighted by atomic mass is 32.1. The second-order valence-corrected chi connectivity index (χ2v) is 4.56. The molecule has 0 radical (unpaired) electrons. The number of fused-ring (bicyclic) bond motifs is 1. The van der Waals surface area contributed by atoms with Crippen molar-refractivity contribution in [2.75, 3.05) is 6.54 Å². The molecule has 0 bridgehead atoms. The highest BCUT2D eigenvalue weighted by molar-refractivity contribution is 7.80. The van der Waals surface area contributed by atoms with Crippen LogP contribution in [0.25, 0.3) is 16.5 Å². The summed E-state index contributed by atoms with van der Waals surface area (Å²) in [5, 5.41) is 5.97. The molecule has 0 aromatic heterocycles. The maximum absolute atomic E-state index is 5.07. The number of thiocarbonyl (C=S) groups is 1. The molecule has 2 aromatic carbocycles. The third kappa shape index (κ3) is 3.45. The summed E-state index contributed by atoms with van der Waals surface area (Å²) in [7, 11) is 0. The summed E-state index contributed by atoms with van der Waals surface area (Å²) < 4.78 is 0. The zero-order chi connectivity index (χ0) is 13.7. The van der Waals surface area contributed by atoms with Crippen LogP contribution in [0.2, 0.25) is 0 Å². The van der Waals surface area contributed by atoms with Crippen LogP contribution < -0.4 is 16.2 Å². The van der Waals surface area contributed by atoms with E-state index < -0.39 is 0 Å². The van der Waals surface area contributed by atoms with Crippen LogP contribution in [0.3, 0.4) is 0 Å². The fourth-order valence-electron chi connectivity index (χ4n) is 1.79. The Morgan fingerprint density at radius 2 is 1.84 bits per heavy atom. The van der Waals surface area contributed by atoms with E-state index in [1.807, 2.05) is 25.1 Å². The van der Waals surface area contributed by atoms with Crippen molar-refractivity contribution >= 4 is 33.8 Å². The lowest BCUT2D eigenvalue weighted by Crippen LogP contribution is -2.42. The Morgan fingerprint density at radius 1 is 1.11 bits per heavy atom. The van der Waals surface area contributed by atoms with Gasteiger partial charge in [-0.05, 0) is 41.5 Å². The van der Waals surface area contributed by atoms with E-state index in [2.05, 4.69) is 47.0 Å². The van der Waals surface area contributed by atoms with Gasteiger partial charge in [0.2, 0.25) is 0 Å². The van der Waals surface area contributed by atoms with Gasteiger partial charge in [-0.15, -0.1) is 0 Å². The normalized spacial score (nSPS) is 9.95. The van der Waals surface area contributed by atoms with Crippen molar-refractivity contribution in [3.05, 3.63) is 54.6 Å². The van der Waals surface area contributed by atoms with Crippen LogP contribution in [0.5, 0.6) is 0 Å². The summed E-state index contributed by atoms with van der Waals surface area (Å²) in [5.74, 6) is 0. The zero-order valence-electron chi connectivity index (χ0n) is 10.9. The Labute approximate surface area is 118 Å². The van der Waals surface area contributed by atoms with Crippen molar-refractivity contribution in [1.29, 1.82) is 0 Å². The molecule has 3 nitrogen and oxygen atoms in total. The van der Waals surface area contributed by atoms with Gasteiger partial charge in [0.15, 0.2) is 5.11 Å². The molecule has 2 rings (SSSR count). The molecule has 0 aliphatic carbocycles. The van der Waals surface area contributed by atoms with Crippen LogP contribution in [0.4, 0.5) is 0 Å². The topological polar surface area (TPSA) is 36.1 Å². The van der Waals surface area contributed by atoms with Crippen molar-refractivity contribution in [3.63, 3.8) is 0 Å². The molecule has 0 fully saturated rings. The average Bonchev–Trinajstić information content (AvgIpc) is 2.44. The van der Waals surface area contributed by atoms with Gasteiger partial charge in [0.1, 0.15) is 0 Å². The first-order chi connectivity index (χ1) is 9.20. The van der Waals surface area contributed by atoms with E-state index >= 15 is 0 Å². The number of hydrazine groups is 1. The first-order valence-corrected chi connectivity index (χ1v) is 6.59. The molecule has 4 heteroatoms. The maximum Gasteiger partial charge on any atom is 0.185 e. The fraction of sp³-hybridized carbons (Fsp3) is 0.133. The molecule has 0 amide bonds. The van der Waals surface area contributed by atoms with Gasteiger partial charge in [-0.1, -0.05) is 43.0 Å². The Bertz CT molecular complexity index is 607. The number of nitrogens with one attached hydrogen (secondary N) is 3. The highest BCUT2D eigenvalue weighted by Gasteiger charge is 2.00. The van der Waals surface area contributed by atoms with E-state index in [-0.39, 0.29) is 0 Å². The standard InChI is InChI=1S/C15H17N3S/c1-3-16-15(19)18-17-11(2)13-9-8-12-6-4-5-7-14(12)10-13/h4-10,17H,2-3H2,1H3,(H2,16,18,19). The van der Waals surface area contributed by atoms with Crippen molar-refractivity contribution in [2.45, 2.75) is 6.92 Å². The average molecular weight is 271 g/mol. The van der Waals surface area contributed by atoms with Crippen molar-refractivity contribution in [3.8, 4) is 0 Å². The van der Waals surface area contributed by atoms with Crippen molar-refractivity contribution in [2.24, 2.45) is 0 Å². The Hall–Kier alpha value is -2.07. The summed E-state index contributed by atoms with van der Waals surface area (Å²) in [5.41, 5.74) is 7.72. The first-order valence-electron chi connectivity index (χ1n) is 6.18. The molecule has 0 saturated heterocycles. The smallest absolute Gasteiger partial charge is 0.185 e.